The van der Waals surface area contributed by atoms with Gasteiger partial charge in [0.25, 0.3) is 0 Å². The fourth-order valence-electron chi connectivity index (χ4n) is 2.05. The molecular weight excluding hydrogens is 164 g/mol. The van der Waals surface area contributed by atoms with E-state index in [1.165, 1.54) is 32.5 Å². The lowest BCUT2D eigenvalue weighted by atomic mass is 10.0. The van der Waals surface area contributed by atoms with Crippen molar-refractivity contribution in [3.8, 4) is 0 Å². The monoisotopic (exact) mass is 183 g/mol. The first-order valence-electron chi connectivity index (χ1n) is 5.38. The van der Waals surface area contributed by atoms with Crippen LogP contribution >= 0.6 is 0 Å². The van der Waals surface area contributed by atoms with E-state index >= 15 is 0 Å². The number of nitrogens with zero attached hydrogens (tertiary/aromatic N) is 2. The third-order valence-corrected chi connectivity index (χ3v) is 3.03. The summed E-state index contributed by atoms with van der Waals surface area (Å²) in [7, 11) is 0. The van der Waals surface area contributed by atoms with Crippen LogP contribution in [0.4, 0.5) is 0 Å². The molecule has 2 aliphatic rings. The van der Waals surface area contributed by atoms with Crippen molar-refractivity contribution in [3.63, 3.8) is 0 Å². The van der Waals surface area contributed by atoms with Crippen molar-refractivity contribution in [1.29, 1.82) is 0 Å². The molecule has 0 spiro atoms. The lowest BCUT2D eigenvalue weighted by molar-refractivity contribution is 0.174. The summed E-state index contributed by atoms with van der Waals surface area (Å²) in [5, 5.41) is 4.34. The third kappa shape index (κ3) is 2.93. The van der Waals surface area contributed by atoms with Crippen LogP contribution in [0.5, 0.6) is 0 Å². The van der Waals surface area contributed by atoms with Crippen molar-refractivity contribution in [2.45, 2.75) is 12.8 Å². The van der Waals surface area contributed by atoms with Gasteiger partial charge in [-0.25, -0.2) is 5.32 Å². The van der Waals surface area contributed by atoms with Gasteiger partial charge in [0.15, 0.2) is 0 Å². The first-order chi connectivity index (χ1) is 6.45. The van der Waals surface area contributed by atoms with Crippen LogP contribution in [0.3, 0.4) is 0 Å². The molecule has 2 heterocycles. The average Bonchev–Trinajstić information content (AvgIpc) is 2.69. The first kappa shape index (κ1) is 9.44. The highest BCUT2D eigenvalue weighted by Crippen LogP contribution is 2.16. The van der Waals surface area contributed by atoms with Gasteiger partial charge >= 0.3 is 0 Å². The molecule has 75 valence electrons. The smallest absolute Gasteiger partial charge is 0.0495 e. The molecule has 0 bridgehead atoms. The average molecular weight is 183 g/mol. The number of hydrogen-bond acceptors (Lipinski definition) is 2. The highest BCUT2D eigenvalue weighted by molar-refractivity contribution is 4.71. The van der Waals surface area contributed by atoms with E-state index in [4.69, 9.17) is 4.74 Å². The molecule has 2 saturated heterocycles. The summed E-state index contributed by atoms with van der Waals surface area (Å²) in [6.45, 7) is 7.67. The van der Waals surface area contributed by atoms with Crippen LogP contribution in [0.15, 0.2) is 0 Å². The molecule has 2 fully saturated rings. The number of ether oxygens (including phenoxy) is 1. The zero-order chi connectivity index (χ0) is 8.93. The quantitative estimate of drug-likeness (QED) is 0.630. The summed E-state index contributed by atoms with van der Waals surface area (Å²) < 4.78 is 5.36. The maximum Gasteiger partial charge on any atom is 0.0495 e. The Kier molecular flexibility index (Phi) is 3.58. The Labute approximate surface area is 80.4 Å². The second kappa shape index (κ2) is 4.94. The zero-order valence-corrected chi connectivity index (χ0v) is 8.24. The van der Waals surface area contributed by atoms with Gasteiger partial charge in [-0.1, -0.05) is 0 Å². The van der Waals surface area contributed by atoms with Crippen LogP contribution in [-0.2, 0) is 4.74 Å². The third-order valence-electron chi connectivity index (χ3n) is 3.03. The van der Waals surface area contributed by atoms with Crippen LogP contribution < -0.4 is 5.32 Å². The van der Waals surface area contributed by atoms with E-state index in [1.54, 1.807) is 0 Å². The van der Waals surface area contributed by atoms with Crippen molar-refractivity contribution < 1.29 is 4.74 Å². The molecule has 3 heteroatoms. The van der Waals surface area contributed by atoms with Crippen LogP contribution in [0.2, 0.25) is 0 Å². The maximum atomic E-state index is 5.36. The number of rotatable bonds is 3. The summed E-state index contributed by atoms with van der Waals surface area (Å²) in [5.74, 6) is 0.832. The Balaban J connectivity index is 1.60. The summed E-state index contributed by atoms with van der Waals surface area (Å²) in [6, 6.07) is 0. The first-order valence-corrected chi connectivity index (χ1v) is 5.38. The largest absolute Gasteiger partial charge is 0.381 e. The molecule has 1 radical (unpaired) electrons. The molecule has 0 N–H and O–H groups in total. The Bertz CT molecular complexity index is 140. The van der Waals surface area contributed by atoms with Crippen molar-refractivity contribution in [2.24, 2.45) is 5.92 Å². The Morgan fingerprint density at radius 1 is 1.31 bits per heavy atom. The topological polar surface area (TPSA) is 26.6 Å². The van der Waals surface area contributed by atoms with Crippen LogP contribution in [0.25, 0.3) is 0 Å². The minimum atomic E-state index is 0.832. The van der Waals surface area contributed by atoms with Gasteiger partial charge in [0.1, 0.15) is 0 Å². The Morgan fingerprint density at radius 3 is 2.85 bits per heavy atom. The highest BCUT2D eigenvalue weighted by Gasteiger charge is 2.17. The Hall–Kier alpha value is -0.120. The number of hydrogen-bond donors (Lipinski definition) is 0. The molecule has 0 aromatic carbocycles. The predicted octanol–water partition coefficient (Wildman–Crippen LogP) is 0.333. The molecule has 0 aromatic heterocycles. The van der Waals surface area contributed by atoms with Crippen molar-refractivity contribution in [2.75, 3.05) is 45.9 Å². The molecule has 2 aliphatic heterocycles. The van der Waals surface area contributed by atoms with Gasteiger partial charge in [0.05, 0.1) is 0 Å². The molecule has 13 heavy (non-hydrogen) atoms. The van der Waals surface area contributed by atoms with E-state index < -0.39 is 0 Å². The fraction of sp³-hybridized carbons (Fsp3) is 1.00. The summed E-state index contributed by atoms with van der Waals surface area (Å²) in [6.07, 6.45) is 2.60. The van der Waals surface area contributed by atoms with Crippen molar-refractivity contribution >= 4 is 0 Å². The van der Waals surface area contributed by atoms with Gasteiger partial charge in [0.2, 0.25) is 0 Å². The van der Waals surface area contributed by atoms with Gasteiger partial charge in [-0.15, -0.1) is 0 Å². The van der Waals surface area contributed by atoms with Gasteiger partial charge in [-0.3, -0.25) is 0 Å². The van der Waals surface area contributed by atoms with E-state index in [-0.39, 0.29) is 0 Å². The van der Waals surface area contributed by atoms with Gasteiger partial charge < -0.3 is 9.64 Å². The lowest BCUT2D eigenvalue weighted by Gasteiger charge is -2.26. The minimum absolute atomic E-state index is 0.832. The molecule has 1 unspecified atom stereocenters. The maximum absolute atomic E-state index is 5.36. The van der Waals surface area contributed by atoms with Crippen LogP contribution in [0.1, 0.15) is 12.8 Å². The standard InChI is InChI=1S/C10H19N2O/c1(10-2-8-13-9-10)5-12-6-3-11-4-7-12/h10H,1-9H2. The SMILES string of the molecule is C1CN(CCC2CCOC2)CC[N]1. The van der Waals surface area contributed by atoms with Gasteiger partial charge in [-0.2, -0.15) is 0 Å². The second-order valence-electron chi connectivity index (χ2n) is 4.03. The van der Waals surface area contributed by atoms with Gasteiger partial charge in [-0.05, 0) is 25.3 Å². The van der Waals surface area contributed by atoms with E-state index in [2.05, 4.69) is 10.2 Å². The normalized spacial score (nSPS) is 30.9. The highest BCUT2D eigenvalue weighted by atomic mass is 16.5. The zero-order valence-electron chi connectivity index (χ0n) is 8.24. The fourth-order valence-corrected chi connectivity index (χ4v) is 2.05. The van der Waals surface area contributed by atoms with Gasteiger partial charge in [0, 0.05) is 39.4 Å². The summed E-state index contributed by atoms with van der Waals surface area (Å²) in [4.78, 5) is 2.53. The second-order valence-corrected chi connectivity index (χ2v) is 4.03. The molecular formula is C10H19N2O. The van der Waals surface area contributed by atoms with Crippen LogP contribution in [-0.4, -0.2) is 50.8 Å². The molecule has 0 aromatic rings. The minimum Gasteiger partial charge on any atom is -0.381 e. The molecule has 0 saturated carbocycles. The molecule has 0 aliphatic carbocycles. The summed E-state index contributed by atoms with van der Waals surface area (Å²) >= 11 is 0. The van der Waals surface area contributed by atoms with E-state index in [0.717, 1.165) is 32.2 Å². The molecule has 0 amide bonds. The van der Waals surface area contributed by atoms with Crippen molar-refractivity contribution in [3.05, 3.63) is 0 Å². The van der Waals surface area contributed by atoms with Crippen molar-refractivity contribution in [1.82, 2.24) is 10.2 Å². The number of piperazine rings is 1. The lowest BCUT2D eigenvalue weighted by Crippen LogP contribution is -2.41. The summed E-state index contributed by atoms with van der Waals surface area (Å²) in [5.41, 5.74) is 0. The Morgan fingerprint density at radius 2 is 2.15 bits per heavy atom. The predicted molar refractivity (Wildman–Crippen MR) is 51.9 cm³/mol. The van der Waals surface area contributed by atoms with E-state index in [1.807, 2.05) is 0 Å². The molecule has 3 nitrogen and oxygen atoms in total. The molecule has 1 atom stereocenters. The molecule has 2 rings (SSSR count). The van der Waals surface area contributed by atoms with Crippen LogP contribution in [0, 0.1) is 5.92 Å². The van der Waals surface area contributed by atoms with E-state index in [9.17, 15) is 0 Å². The van der Waals surface area contributed by atoms with E-state index in [0.29, 0.717) is 0 Å².